The van der Waals surface area contributed by atoms with Crippen LogP contribution in [0.3, 0.4) is 0 Å². The first kappa shape index (κ1) is 22.1. The van der Waals surface area contributed by atoms with Crippen LogP contribution in [0.1, 0.15) is 59.3 Å². The molecule has 2 aliphatic rings. The van der Waals surface area contributed by atoms with Gasteiger partial charge in [0.05, 0.1) is 5.69 Å². The number of carbonyl (C=O) groups is 3. The molecule has 2 aliphatic heterocycles. The second-order valence-electron chi connectivity index (χ2n) is 8.07. The summed E-state index contributed by atoms with van der Waals surface area (Å²) in [5, 5.41) is 2.94. The molecule has 7 nitrogen and oxygen atoms in total. The van der Waals surface area contributed by atoms with Gasteiger partial charge < -0.3 is 15.0 Å². The molecule has 0 spiro atoms. The van der Waals surface area contributed by atoms with E-state index >= 15 is 0 Å². The Labute approximate surface area is 178 Å². The number of ether oxygens (including phenoxy) is 1. The molecular weight excluding hydrogens is 382 g/mol. The van der Waals surface area contributed by atoms with Gasteiger partial charge in [0.1, 0.15) is 12.3 Å². The van der Waals surface area contributed by atoms with Gasteiger partial charge in [0.25, 0.3) is 5.91 Å². The summed E-state index contributed by atoms with van der Waals surface area (Å²) in [5.74, 6) is 0.218. The fourth-order valence-electron chi connectivity index (χ4n) is 4.11. The van der Waals surface area contributed by atoms with Crippen LogP contribution in [0.15, 0.2) is 18.2 Å². The van der Waals surface area contributed by atoms with Gasteiger partial charge in [0.2, 0.25) is 11.8 Å². The molecule has 7 heteroatoms. The van der Waals surface area contributed by atoms with E-state index in [2.05, 4.69) is 5.32 Å². The molecule has 0 bridgehead atoms. The van der Waals surface area contributed by atoms with E-state index in [4.69, 9.17) is 4.74 Å². The second kappa shape index (κ2) is 9.96. The normalized spacial score (nSPS) is 18.8. The van der Waals surface area contributed by atoms with Gasteiger partial charge in [0, 0.05) is 24.7 Å². The molecule has 1 saturated heterocycles. The van der Waals surface area contributed by atoms with Crippen LogP contribution in [0, 0.1) is 5.92 Å². The Balaban J connectivity index is 1.84. The number of anilines is 2. The van der Waals surface area contributed by atoms with Crippen molar-refractivity contribution in [2.24, 2.45) is 5.92 Å². The monoisotopic (exact) mass is 415 g/mol. The molecule has 2 heterocycles. The van der Waals surface area contributed by atoms with Crippen molar-refractivity contribution >= 4 is 29.1 Å². The summed E-state index contributed by atoms with van der Waals surface area (Å²) in [5.41, 5.74) is 1.14. The van der Waals surface area contributed by atoms with E-state index < -0.39 is 6.10 Å². The summed E-state index contributed by atoms with van der Waals surface area (Å²) < 4.78 is 5.87. The molecule has 1 N–H and O–H groups in total. The number of piperidine rings is 1. The van der Waals surface area contributed by atoms with Gasteiger partial charge >= 0.3 is 0 Å². The van der Waals surface area contributed by atoms with E-state index in [9.17, 15) is 14.4 Å². The number of benzene rings is 1. The Morgan fingerprint density at radius 1 is 1.13 bits per heavy atom. The van der Waals surface area contributed by atoms with Crippen LogP contribution in [-0.2, 0) is 14.4 Å². The predicted molar refractivity (Wildman–Crippen MR) is 117 cm³/mol. The third kappa shape index (κ3) is 4.77. The topological polar surface area (TPSA) is 79.0 Å². The van der Waals surface area contributed by atoms with E-state index in [1.807, 2.05) is 25.7 Å². The van der Waals surface area contributed by atoms with Crippen LogP contribution < -0.4 is 15.0 Å². The number of rotatable bonds is 7. The third-order valence-electron chi connectivity index (χ3n) is 6.06. The van der Waals surface area contributed by atoms with Gasteiger partial charge in [-0.15, -0.1) is 0 Å². The molecule has 0 radical (unpaired) electrons. The first-order valence-electron chi connectivity index (χ1n) is 11.2. The number of nitrogens with one attached hydrogen (secondary N) is 1. The number of fused-ring (bicyclic) bond motifs is 1. The van der Waals surface area contributed by atoms with Crippen molar-refractivity contribution in [2.45, 2.75) is 65.4 Å². The minimum atomic E-state index is -0.600. The van der Waals surface area contributed by atoms with Crippen LogP contribution in [0.25, 0.3) is 0 Å². The number of amides is 3. The van der Waals surface area contributed by atoms with E-state index in [1.165, 1.54) is 4.90 Å². The molecule has 164 valence electrons. The number of hydrogen-bond donors (Lipinski definition) is 1. The lowest BCUT2D eigenvalue weighted by Gasteiger charge is -2.36. The third-order valence-corrected chi connectivity index (χ3v) is 6.06. The highest BCUT2D eigenvalue weighted by atomic mass is 16.5. The lowest BCUT2D eigenvalue weighted by molar-refractivity contribution is -0.134. The lowest BCUT2D eigenvalue weighted by Crippen LogP contribution is -2.51. The van der Waals surface area contributed by atoms with Crippen molar-refractivity contribution in [1.82, 2.24) is 4.90 Å². The maximum Gasteiger partial charge on any atom is 0.268 e. The summed E-state index contributed by atoms with van der Waals surface area (Å²) in [6, 6.07) is 5.29. The Bertz CT molecular complexity index is 785. The predicted octanol–water partition coefficient (Wildman–Crippen LogP) is 3.58. The SMILES string of the molecule is CCC(CC)C(=O)Nc1ccc2c(c1)N(CC(=O)N1CCCCC1)C(=O)C(CC)O2. The van der Waals surface area contributed by atoms with E-state index in [1.54, 1.807) is 18.2 Å². The number of likely N-dealkylation sites (tertiary alicyclic amines) is 1. The van der Waals surface area contributed by atoms with Gasteiger partial charge in [0.15, 0.2) is 6.10 Å². The molecule has 30 heavy (non-hydrogen) atoms. The molecule has 0 aromatic heterocycles. The maximum absolute atomic E-state index is 13.0. The first-order chi connectivity index (χ1) is 14.5. The van der Waals surface area contributed by atoms with Gasteiger partial charge in [-0.3, -0.25) is 19.3 Å². The van der Waals surface area contributed by atoms with Crippen LogP contribution in [0.5, 0.6) is 5.75 Å². The minimum absolute atomic E-state index is 0.00433. The molecule has 1 atom stereocenters. The summed E-state index contributed by atoms with van der Waals surface area (Å²) in [6.45, 7) is 7.36. The second-order valence-corrected chi connectivity index (χ2v) is 8.07. The zero-order valence-corrected chi connectivity index (χ0v) is 18.3. The Morgan fingerprint density at radius 3 is 2.47 bits per heavy atom. The summed E-state index contributed by atoms with van der Waals surface area (Å²) in [4.78, 5) is 41.7. The first-order valence-corrected chi connectivity index (χ1v) is 11.2. The van der Waals surface area contributed by atoms with Crippen molar-refractivity contribution < 1.29 is 19.1 Å². The highest BCUT2D eigenvalue weighted by Crippen LogP contribution is 2.37. The highest BCUT2D eigenvalue weighted by Gasteiger charge is 2.35. The van der Waals surface area contributed by atoms with Gasteiger partial charge in [-0.1, -0.05) is 20.8 Å². The largest absolute Gasteiger partial charge is 0.478 e. The maximum atomic E-state index is 13.0. The zero-order chi connectivity index (χ0) is 21.7. The minimum Gasteiger partial charge on any atom is -0.478 e. The summed E-state index contributed by atoms with van der Waals surface area (Å²) >= 11 is 0. The fraction of sp³-hybridized carbons (Fsp3) is 0.609. The van der Waals surface area contributed by atoms with E-state index in [-0.39, 0.29) is 30.2 Å². The Hall–Kier alpha value is -2.57. The van der Waals surface area contributed by atoms with Crippen molar-refractivity contribution in [3.8, 4) is 5.75 Å². The van der Waals surface area contributed by atoms with Gasteiger partial charge in [-0.2, -0.15) is 0 Å². The quantitative estimate of drug-likeness (QED) is 0.738. The van der Waals surface area contributed by atoms with Crippen molar-refractivity contribution in [2.75, 3.05) is 29.9 Å². The van der Waals surface area contributed by atoms with Gasteiger partial charge in [-0.05, 0) is 56.7 Å². The molecule has 0 aliphatic carbocycles. The average Bonchev–Trinajstić information content (AvgIpc) is 2.77. The Morgan fingerprint density at radius 2 is 1.83 bits per heavy atom. The standard InChI is InChI=1S/C23H33N3O4/c1-4-16(5-2)22(28)24-17-10-11-20-18(14-17)26(23(29)19(6-3)30-20)15-21(27)25-12-8-7-9-13-25/h10-11,14,16,19H,4-9,12-13,15H2,1-3H3,(H,24,28). The van der Waals surface area contributed by atoms with Crippen LogP contribution >= 0.6 is 0 Å². The number of hydrogen-bond acceptors (Lipinski definition) is 4. The fourth-order valence-corrected chi connectivity index (χ4v) is 4.11. The number of nitrogens with zero attached hydrogens (tertiary/aromatic N) is 2. The van der Waals surface area contributed by atoms with Crippen molar-refractivity contribution in [3.63, 3.8) is 0 Å². The molecule has 1 unspecified atom stereocenters. The van der Waals surface area contributed by atoms with E-state index in [0.717, 1.165) is 45.2 Å². The van der Waals surface area contributed by atoms with Crippen molar-refractivity contribution in [1.29, 1.82) is 0 Å². The van der Waals surface area contributed by atoms with Crippen LogP contribution in [0.2, 0.25) is 0 Å². The highest BCUT2D eigenvalue weighted by molar-refractivity contribution is 6.04. The number of carbonyl (C=O) groups excluding carboxylic acids is 3. The smallest absolute Gasteiger partial charge is 0.268 e. The summed E-state index contributed by atoms with van der Waals surface area (Å²) in [6.07, 6.45) is 4.61. The summed E-state index contributed by atoms with van der Waals surface area (Å²) in [7, 11) is 0. The van der Waals surface area contributed by atoms with Crippen LogP contribution in [-0.4, -0.2) is 48.4 Å². The van der Waals surface area contributed by atoms with Gasteiger partial charge in [-0.25, -0.2) is 0 Å². The molecule has 3 amide bonds. The average molecular weight is 416 g/mol. The zero-order valence-electron chi connectivity index (χ0n) is 18.3. The molecule has 3 rings (SSSR count). The molecule has 1 aromatic rings. The van der Waals surface area contributed by atoms with E-state index in [0.29, 0.717) is 23.5 Å². The molecular formula is C23H33N3O4. The van der Waals surface area contributed by atoms with Crippen LogP contribution in [0.4, 0.5) is 11.4 Å². The van der Waals surface area contributed by atoms with Crippen molar-refractivity contribution in [3.05, 3.63) is 18.2 Å². The lowest BCUT2D eigenvalue weighted by atomic mass is 10.0. The molecule has 0 saturated carbocycles. The molecule has 1 fully saturated rings. The Kier molecular flexibility index (Phi) is 7.34. The molecule has 1 aromatic carbocycles.